The molecule has 3 heterocycles. The minimum atomic E-state index is -4.71. The molecule has 3 aromatic rings. The molecule has 1 aliphatic heterocycles. The van der Waals surface area contributed by atoms with Crippen LogP contribution in [0.3, 0.4) is 0 Å². The number of rotatable bonds is 6. The van der Waals surface area contributed by atoms with Crippen LogP contribution < -0.4 is 9.64 Å². The van der Waals surface area contributed by atoms with Crippen molar-refractivity contribution in [3.05, 3.63) is 57.9 Å². The van der Waals surface area contributed by atoms with Gasteiger partial charge in [0.1, 0.15) is 5.75 Å². The van der Waals surface area contributed by atoms with Crippen LogP contribution in [-0.4, -0.2) is 68.8 Å². The topological polar surface area (TPSA) is 76.6 Å². The molecule has 2 aromatic heterocycles. The summed E-state index contributed by atoms with van der Waals surface area (Å²) in [5.41, 5.74) is 2.38. The third kappa shape index (κ3) is 5.85. The minimum Gasteiger partial charge on any atom is -0.497 e. The molecule has 0 saturated carbocycles. The standard InChI is InChI=1S/C22H25F3N8OS/c1-15-12-16(2)28-20(27-15)31-10-8-30(9-11-31)14-32-21(35)33(19(29-32)22(23,24)25)26-13-17-4-6-18(34-3)7-5-17/h4-7,12-13H,8-11,14H2,1-3H3/b26-13+. The summed E-state index contributed by atoms with van der Waals surface area (Å²) >= 11 is 5.31. The normalized spacial score (nSPS) is 15.2. The molecule has 0 amide bonds. The Kier molecular flexibility index (Phi) is 7.17. The fraction of sp³-hybridized carbons (Fsp3) is 0.409. The summed E-state index contributed by atoms with van der Waals surface area (Å²) in [6.07, 6.45) is -3.41. The summed E-state index contributed by atoms with van der Waals surface area (Å²) in [4.78, 5) is 13.0. The van der Waals surface area contributed by atoms with Gasteiger partial charge in [-0.3, -0.25) is 4.90 Å². The second-order valence-electron chi connectivity index (χ2n) is 8.13. The monoisotopic (exact) mass is 506 g/mol. The van der Waals surface area contributed by atoms with Gasteiger partial charge >= 0.3 is 6.18 Å². The zero-order valence-corrected chi connectivity index (χ0v) is 20.3. The molecule has 0 radical (unpaired) electrons. The molecule has 1 fully saturated rings. The van der Waals surface area contributed by atoms with Gasteiger partial charge in [0.05, 0.1) is 20.0 Å². The lowest BCUT2D eigenvalue weighted by Gasteiger charge is -2.34. The highest BCUT2D eigenvalue weighted by Crippen LogP contribution is 2.28. The van der Waals surface area contributed by atoms with Crippen LogP contribution >= 0.6 is 12.2 Å². The predicted octanol–water partition coefficient (Wildman–Crippen LogP) is 3.51. The molecule has 1 aromatic carbocycles. The number of halogens is 3. The molecule has 9 nitrogen and oxygen atoms in total. The van der Waals surface area contributed by atoms with Gasteiger partial charge in [0, 0.05) is 37.6 Å². The maximum absolute atomic E-state index is 13.7. The minimum absolute atomic E-state index is 0.120. The molecule has 13 heteroatoms. The first-order chi connectivity index (χ1) is 16.6. The van der Waals surface area contributed by atoms with E-state index in [4.69, 9.17) is 17.0 Å². The molecule has 0 bridgehead atoms. The van der Waals surface area contributed by atoms with Gasteiger partial charge in [-0.2, -0.15) is 22.9 Å². The van der Waals surface area contributed by atoms with Gasteiger partial charge in [-0.05, 0) is 62.0 Å². The van der Waals surface area contributed by atoms with E-state index in [1.807, 2.05) is 24.8 Å². The first kappa shape index (κ1) is 24.8. The number of methoxy groups -OCH3 is 1. The van der Waals surface area contributed by atoms with Crippen molar-refractivity contribution in [1.29, 1.82) is 0 Å². The van der Waals surface area contributed by atoms with E-state index in [2.05, 4.69) is 25.1 Å². The number of hydrogen-bond acceptors (Lipinski definition) is 8. The second kappa shape index (κ2) is 10.1. The van der Waals surface area contributed by atoms with Gasteiger partial charge in [0.2, 0.25) is 10.7 Å². The van der Waals surface area contributed by atoms with Gasteiger partial charge in [-0.25, -0.2) is 14.6 Å². The second-order valence-corrected chi connectivity index (χ2v) is 8.50. The predicted molar refractivity (Wildman–Crippen MR) is 127 cm³/mol. The van der Waals surface area contributed by atoms with Crippen LogP contribution in [0.1, 0.15) is 22.8 Å². The van der Waals surface area contributed by atoms with Crippen molar-refractivity contribution in [3.63, 3.8) is 0 Å². The molecular weight excluding hydrogens is 481 g/mol. The number of ether oxygens (including phenoxy) is 1. The van der Waals surface area contributed by atoms with E-state index in [-0.39, 0.29) is 11.4 Å². The summed E-state index contributed by atoms with van der Waals surface area (Å²) in [6.45, 7) is 6.43. The Morgan fingerprint density at radius 1 is 1.06 bits per heavy atom. The highest BCUT2D eigenvalue weighted by atomic mass is 32.1. The quantitative estimate of drug-likeness (QED) is 0.374. The van der Waals surface area contributed by atoms with Crippen molar-refractivity contribution in [1.82, 2.24) is 29.3 Å². The maximum Gasteiger partial charge on any atom is 0.453 e. The van der Waals surface area contributed by atoms with Crippen molar-refractivity contribution in [2.45, 2.75) is 26.7 Å². The van der Waals surface area contributed by atoms with E-state index in [0.29, 0.717) is 48.1 Å². The van der Waals surface area contributed by atoms with Gasteiger partial charge in [0.25, 0.3) is 5.82 Å². The van der Waals surface area contributed by atoms with Crippen LogP contribution in [0.5, 0.6) is 5.75 Å². The number of alkyl halides is 3. The summed E-state index contributed by atoms with van der Waals surface area (Å²) < 4.78 is 47.8. The van der Waals surface area contributed by atoms with Crippen molar-refractivity contribution in [2.24, 2.45) is 5.10 Å². The molecule has 0 unspecified atom stereocenters. The highest BCUT2D eigenvalue weighted by molar-refractivity contribution is 7.71. The summed E-state index contributed by atoms with van der Waals surface area (Å²) in [6, 6.07) is 8.66. The Morgan fingerprint density at radius 3 is 2.26 bits per heavy atom. The zero-order chi connectivity index (χ0) is 25.2. The van der Waals surface area contributed by atoms with Gasteiger partial charge in [0.15, 0.2) is 0 Å². The molecule has 1 saturated heterocycles. The van der Waals surface area contributed by atoms with Crippen LogP contribution in [0.25, 0.3) is 0 Å². The summed E-state index contributed by atoms with van der Waals surface area (Å²) in [5, 5.41) is 7.73. The summed E-state index contributed by atoms with van der Waals surface area (Å²) in [7, 11) is 1.53. The van der Waals surface area contributed by atoms with Crippen LogP contribution in [0.4, 0.5) is 19.1 Å². The molecule has 35 heavy (non-hydrogen) atoms. The number of aromatic nitrogens is 5. The lowest BCUT2D eigenvalue weighted by Crippen LogP contribution is -2.47. The third-order valence-electron chi connectivity index (χ3n) is 5.47. The lowest BCUT2D eigenvalue weighted by atomic mass is 10.2. The molecule has 0 aliphatic carbocycles. The molecule has 1 aliphatic rings. The molecule has 0 atom stereocenters. The van der Waals surface area contributed by atoms with Crippen molar-refractivity contribution < 1.29 is 17.9 Å². The SMILES string of the molecule is COc1ccc(/C=N/n2c(C(F)(F)F)nn(CN3CCN(c4nc(C)cc(C)n4)CC3)c2=S)cc1. The van der Waals surface area contributed by atoms with E-state index >= 15 is 0 Å². The van der Waals surface area contributed by atoms with Crippen LogP contribution in [0.2, 0.25) is 0 Å². The highest BCUT2D eigenvalue weighted by Gasteiger charge is 2.39. The van der Waals surface area contributed by atoms with Crippen molar-refractivity contribution in [2.75, 3.05) is 38.2 Å². The number of aryl methyl sites for hydroxylation is 2. The van der Waals surface area contributed by atoms with Crippen LogP contribution in [0.15, 0.2) is 35.4 Å². The molecule has 186 valence electrons. The van der Waals surface area contributed by atoms with Gasteiger partial charge < -0.3 is 9.64 Å². The van der Waals surface area contributed by atoms with Crippen LogP contribution in [-0.2, 0) is 12.8 Å². The fourth-order valence-corrected chi connectivity index (χ4v) is 3.95. The van der Waals surface area contributed by atoms with E-state index in [9.17, 15) is 13.2 Å². The molecule has 4 rings (SSSR count). The smallest absolute Gasteiger partial charge is 0.453 e. The Bertz CT molecular complexity index is 1240. The average Bonchev–Trinajstić information content (AvgIpc) is 3.13. The van der Waals surface area contributed by atoms with Crippen molar-refractivity contribution in [3.8, 4) is 5.75 Å². The first-order valence-corrected chi connectivity index (χ1v) is 11.3. The van der Waals surface area contributed by atoms with E-state index in [0.717, 1.165) is 16.1 Å². The number of hydrogen-bond donors (Lipinski definition) is 0. The van der Waals surface area contributed by atoms with Gasteiger partial charge in [-0.15, -0.1) is 5.10 Å². The Morgan fingerprint density at radius 2 is 1.69 bits per heavy atom. The molecule has 0 spiro atoms. The summed E-state index contributed by atoms with van der Waals surface area (Å²) in [5.74, 6) is 0.122. The van der Waals surface area contributed by atoms with Crippen molar-refractivity contribution >= 4 is 24.4 Å². The average molecular weight is 507 g/mol. The Hall–Kier alpha value is -3.32. The van der Waals surface area contributed by atoms with E-state index in [1.54, 1.807) is 24.3 Å². The number of anilines is 1. The maximum atomic E-state index is 13.7. The van der Waals surface area contributed by atoms with E-state index < -0.39 is 12.0 Å². The zero-order valence-electron chi connectivity index (χ0n) is 19.5. The largest absolute Gasteiger partial charge is 0.497 e. The molecular formula is C22H25F3N8OS. The number of benzene rings is 1. The Labute approximate surface area is 205 Å². The number of piperazine rings is 1. The Balaban J connectivity index is 1.50. The fourth-order valence-electron chi connectivity index (χ4n) is 3.71. The number of nitrogens with zero attached hydrogens (tertiary/aromatic N) is 8. The third-order valence-corrected chi connectivity index (χ3v) is 5.85. The first-order valence-electron chi connectivity index (χ1n) is 10.9. The van der Waals surface area contributed by atoms with Gasteiger partial charge in [-0.1, -0.05) is 0 Å². The molecule has 0 N–H and O–H groups in total. The lowest BCUT2D eigenvalue weighted by molar-refractivity contribution is -0.147. The van der Waals surface area contributed by atoms with Crippen LogP contribution in [0, 0.1) is 18.6 Å². The van der Waals surface area contributed by atoms with E-state index in [1.165, 1.54) is 13.3 Å².